The maximum Gasteiger partial charge on any atom is 0.311 e. The van der Waals surface area contributed by atoms with Gasteiger partial charge in [0.25, 0.3) is 5.56 Å². The molecule has 5 N–H and O–H groups in total. The number of Topliss-reactive ketones (excluding diaryl/α,β-unsaturated/α-hetero) is 1. The zero-order chi connectivity index (χ0) is 33.3. The Labute approximate surface area is 270 Å². The number of aromatic nitrogens is 2. The first-order chi connectivity index (χ1) is 22.6. The molecule has 47 heavy (non-hydrogen) atoms. The van der Waals surface area contributed by atoms with Crippen LogP contribution in [0.1, 0.15) is 60.4 Å². The molecule has 4 aromatic rings. The molecule has 1 atom stereocenters. The summed E-state index contributed by atoms with van der Waals surface area (Å²) in [6.07, 6.45) is 4.34. The molecule has 0 amide bonds. The van der Waals surface area contributed by atoms with Crippen LogP contribution in [0.2, 0.25) is 0 Å². The molecule has 0 bridgehead atoms. The van der Waals surface area contributed by atoms with E-state index in [0.29, 0.717) is 59.3 Å². The van der Waals surface area contributed by atoms with Gasteiger partial charge in [-0.25, -0.2) is 4.98 Å². The van der Waals surface area contributed by atoms with Crippen molar-refractivity contribution in [2.24, 2.45) is 0 Å². The molecule has 0 radical (unpaired) electrons. The fourth-order valence-corrected chi connectivity index (χ4v) is 6.28. The Kier molecular flexibility index (Phi) is 8.87. The minimum atomic E-state index is -1.68. The highest BCUT2D eigenvalue weighted by Crippen LogP contribution is 2.40. The lowest BCUT2D eigenvalue weighted by Gasteiger charge is -2.32. The van der Waals surface area contributed by atoms with Gasteiger partial charge in [-0.3, -0.25) is 19.2 Å². The number of fused-ring (bicyclic) bond motifs is 5. The second kappa shape index (κ2) is 13.0. The van der Waals surface area contributed by atoms with Gasteiger partial charge in [0.05, 0.1) is 29.1 Å². The highest BCUT2D eigenvalue weighted by molar-refractivity contribution is 5.97. The van der Waals surface area contributed by atoms with Crippen LogP contribution in [-0.4, -0.2) is 50.5 Å². The quantitative estimate of drug-likeness (QED) is 0.0554. The van der Waals surface area contributed by atoms with Crippen molar-refractivity contribution in [2.45, 2.75) is 57.7 Å². The third-order valence-corrected chi connectivity index (χ3v) is 8.96. The van der Waals surface area contributed by atoms with Crippen LogP contribution in [0.5, 0.6) is 5.75 Å². The van der Waals surface area contributed by atoms with Crippen LogP contribution in [-0.2, 0) is 39.5 Å². The number of carbonyl (C=O) groups excluding carboxylic acids is 3. The van der Waals surface area contributed by atoms with Gasteiger partial charge in [0.15, 0.2) is 17.3 Å². The van der Waals surface area contributed by atoms with Gasteiger partial charge in [-0.15, -0.1) is 0 Å². The molecule has 0 fully saturated rings. The van der Waals surface area contributed by atoms with Crippen molar-refractivity contribution >= 4 is 40.2 Å². The number of benzene rings is 2. The Balaban J connectivity index is 1.09. The Bertz CT molecular complexity index is 2000. The van der Waals surface area contributed by atoms with E-state index in [9.17, 15) is 24.3 Å². The normalized spacial score (nSPS) is 16.7. The fourth-order valence-electron chi connectivity index (χ4n) is 6.28. The van der Waals surface area contributed by atoms with Gasteiger partial charge in [-0.2, -0.15) is 0 Å². The number of hydrogen-bond acceptors (Lipinski definition) is 10. The Morgan fingerprint density at radius 1 is 1.13 bits per heavy atom. The number of nitrogens with two attached hydrogens (primary N) is 1. The number of nitrogen functional groups attached to an aromatic ring is 1. The van der Waals surface area contributed by atoms with E-state index < -0.39 is 18.2 Å². The summed E-state index contributed by atoms with van der Waals surface area (Å²) in [6.45, 7) is 2.71. The van der Waals surface area contributed by atoms with Crippen molar-refractivity contribution in [3.05, 3.63) is 92.8 Å². The minimum Gasteiger partial charge on any atom is -0.424 e. The number of ketones is 2. The van der Waals surface area contributed by atoms with Crippen LogP contribution in [0.4, 0.5) is 5.69 Å². The number of hydrogen-bond donors (Lipinski definition) is 4. The molecule has 0 saturated carbocycles. The van der Waals surface area contributed by atoms with Crippen molar-refractivity contribution < 1.29 is 29.3 Å². The maximum atomic E-state index is 13.5. The van der Waals surface area contributed by atoms with Crippen LogP contribution < -0.4 is 21.3 Å². The molecular weight excluding hydrogens is 600 g/mol. The SMILES string of the molecule is CC[C@@]1(O)C(=O)CCc2c1cc1n(c2=O)Cc2cc3c(N)c(OC(=O)CCCNCc4ccc(/C=C/C(=O)CO)cc4)ccc3nc2-1. The average Bonchev–Trinajstić information content (AvgIpc) is 3.44. The Morgan fingerprint density at radius 3 is 2.66 bits per heavy atom. The van der Waals surface area contributed by atoms with Crippen LogP contribution in [0, 0.1) is 0 Å². The highest BCUT2D eigenvalue weighted by atomic mass is 16.5. The number of nitrogens with zero attached hydrogens (tertiary/aromatic N) is 2. The zero-order valence-electron chi connectivity index (χ0n) is 26.0. The van der Waals surface area contributed by atoms with Crippen LogP contribution in [0.25, 0.3) is 28.4 Å². The predicted octanol–water partition coefficient (Wildman–Crippen LogP) is 3.17. The number of nitrogens with one attached hydrogen (secondary N) is 1. The number of carbonyl (C=O) groups is 3. The van der Waals surface area contributed by atoms with Crippen molar-refractivity contribution in [2.75, 3.05) is 18.9 Å². The summed E-state index contributed by atoms with van der Waals surface area (Å²) in [5, 5.41) is 23.9. The van der Waals surface area contributed by atoms with E-state index in [1.807, 2.05) is 30.3 Å². The number of esters is 1. The first-order valence-electron chi connectivity index (χ1n) is 15.7. The number of ether oxygens (including phenoxy) is 1. The van der Waals surface area contributed by atoms with Gasteiger partial charge in [0, 0.05) is 41.5 Å². The molecule has 2 aliphatic rings. The van der Waals surface area contributed by atoms with Gasteiger partial charge in [-0.1, -0.05) is 37.3 Å². The Morgan fingerprint density at radius 2 is 1.91 bits per heavy atom. The number of anilines is 1. The van der Waals surface area contributed by atoms with E-state index in [2.05, 4.69) is 5.32 Å². The average molecular weight is 637 g/mol. The standard InChI is InChI=1S/C36H36N4O7/c1-2-36(46)27-17-29-34-23(19-40(29)35(45)25(27)11-14-31(36)43)16-26-28(39-34)12-13-30(33(26)37)47-32(44)4-3-15-38-18-22-7-5-21(6-8-22)9-10-24(42)20-41/h5-10,12-13,16-17,38,41,46H,2-4,11,14-15,18-20,37H2,1H3/b10-9+/t36-/m0/s1. The summed E-state index contributed by atoms with van der Waals surface area (Å²) in [6, 6.07) is 14.6. The number of aliphatic hydroxyl groups is 2. The van der Waals surface area contributed by atoms with Gasteiger partial charge in [0.1, 0.15) is 12.2 Å². The zero-order valence-corrected chi connectivity index (χ0v) is 26.0. The smallest absolute Gasteiger partial charge is 0.311 e. The van der Waals surface area contributed by atoms with E-state index >= 15 is 0 Å². The van der Waals surface area contributed by atoms with Gasteiger partial charge in [0.2, 0.25) is 0 Å². The summed E-state index contributed by atoms with van der Waals surface area (Å²) < 4.78 is 7.24. The third kappa shape index (κ3) is 6.12. The van der Waals surface area contributed by atoms with Gasteiger partial charge < -0.3 is 30.6 Å². The lowest BCUT2D eigenvalue weighted by atomic mass is 9.77. The van der Waals surface area contributed by atoms with E-state index in [4.69, 9.17) is 20.6 Å². The molecule has 1 aliphatic heterocycles. The topological polar surface area (TPSA) is 174 Å². The summed E-state index contributed by atoms with van der Waals surface area (Å²) in [4.78, 5) is 54.8. The molecule has 6 rings (SSSR count). The number of pyridine rings is 2. The molecule has 1 aliphatic carbocycles. The Hall–Kier alpha value is -4.97. The van der Waals surface area contributed by atoms with Crippen molar-refractivity contribution in [1.82, 2.24) is 14.9 Å². The van der Waals surface area contributed by atoms with Gasteiger partial charge >= 0.3 is 5.97 Å². The van der Waals surface area contributed by atoms with Crippen LogP contribution in [0.3, 0.4) is 0 Å². The molecule has 2 aromatic heterocycles. The summed E-state index contributed by atoms with van der Waals surface area (Å²) >= 11 is 0. The molecule has 0 spiro atoms. The summed E-state index contributed by atoms with van der Waals surface area (Å²) in [7, 11) is 0. The van der Waals surface area contributed by atoms with Crippen molar-refractivity contribution in [3.8, 4) is 17.1 Å². The number of aliphatic hydroxyl groups excluding tert-OH is 1. The van der Waals surface area contributed by atoms with E-state index in [1.54, 1.807) is 35.8 Å². The van der Waals surface area contributed by atoms with E-state index in [0.717, 1.165) is 16.7 Å². The second-order valence-electron chi connectivity index (χ2n) is 11.9. The van der Waals surface area contributed by atoms with E-state index in [-0.39, 0.29) is 54.4 Å². The fraction of sp³-hybridized carbons (Fsp3) is 0.306. The molecular formula is C36H36N4O7. The van der Waals surface area contributed by atoms with E-state index in [1.165, 1.54) is 6.08 Å². The molecule has 11 nitrogen and oxygen atoms in total. The molecule has 3 heterocycles. The maximum absolute atomic E-state index is 13.5. The first kappa shape index (κ1) is 32.0. The first-order valence-corrected chi connectivity index (χ1v) is 15.7. The molecule has 0 unspecified atom stereocenters. The molecule has 2 aromatic carbocycles. The highest BCUT2D eigenvalue weighted by Gasteiger charge is 2.43. The lowest BCUT2D eigenvalue weighted by Crippen LogP contribution is -2.43. The summed E-state index contributed by atoms with van der Waals surface area (Å²) in [5.41, 5.74) is 10.0. The lowest BCUT2D eigenvalue weighted by molar-refractivity contribution is -0.140. The molecule has 242 valence electrons. The van der Waals surface area contributed by atoms with Crippen LogP contribution in [0.15, 0.2) is 59.4 Å². The number of rotatable bonds is 11. The molecule has 0 saturated heterocycles. The predicted molar refractivity (Wildman–Crippen MR) is 177 cm³/mol. The van der Waals surface area contributed by atoms with Crippen molar-refractivity contribution in [3.63, 3.8) is 0 Å². The monoisotopic (exact) mass is 636 g/mol. The van der Waals surface area contributed by atoms with Gasteiger partial charge in [-0.05, 0) is 67.3 Å². The van der Waals surface area contributed by atoms with Crippen LogP contribution >= 0.6 is 0 Å². The second-order valence-corrected chi connectivity index (χ2v) is 11.9. The summed E-state index contributed by atoms with van der Waals surface area (Å²) in [5.74, 6) is -0.807. The largest absolute Gasteiger partial charge is 0.424 e. The third-order valence-electron chi connectivity index (χ3n) is 8.96. The minimum absolute atomic E-state index is 0.126. The van der Waals surface area contributed by atoms with Crippen molar-refractivity contribution in [1.29, 1.82) is 0 Å². The molecule has 11 heteroatoms.